The lowest BCUT2D eigenvalue weighted by molar-refractivity contribution is 0.00578. The maximum absolute atomic E-state index is 11.4. The van der Waals surface area contributed by atoms with E-state index in [0.717, 1.165) is 0 Å². The van der Waals surface area contributed by atoms with Crippen LogP contribution in [-0.4, -0.2) is 31.8 Å². The number of nitrogens with two attached hydrogens (primary N) is 1. The van der Waals surface area contributed by atoms with Gasteiger partial charge in [-0.15, -0.1) is 0 Å². The average Bonchev–Trinajstić information content (AvgIpc) is 2.46. The molecular formula is C12H18BNO5S. The lowest BCUT2D eigenvalue weighted by Crippen LogP contribution is -2.41. The summed E-state index contributed by atoms with van der Waals surface area (Å²) in [4.78, 5) is -0.0972. The monoisotopic (exact) mass is 299 g/mol. The Morgan fingerprint density at radius 1 is 1.15 bits per heavy atom. The van der Waals surface area contributed by atoms with Crippen molar-refractivity contribution < 1.29 is 22.8 Å². The minimum atomic E-state index is -3.85. The van der Waals surface area contributed by atoms with Gasteiger partial charge in [0.15, 0.2) is 0 Å². The fourth-order valence-corrected chi connectivity index (χ4v) is 2.42. The van der Waals surface area contributed by atoms with Gasteiger partial charge in [0, 0.05) is 5.46 Å². The first-order valence-electron chi connectivity index (χ1n) is 6.15. The molecule has 0 unspecified atom stereocenters. The average molecular weight is 299 g/mol. The molecule has 8 heteroatoms. The standard InChI is InChI=1S/C12H18BNO5S/c1-11(2)12(3,4)19-13(18-11)9-7-8(20(14,16)17)5-6-10(9)15/h5-7,15H,1-4H3,(H2,14,16,17). The van der Waals surface area contributed by atoms with Crippen molar-refractivity contribution >= 4 is 22.6 Å². The van der Waals surface area contributed by atoms with E-state index in [1.807, 2.05) is 27.7 Å². The lowest BCUT2D eigenvalue weighted by atomic mass is 9.78. The van der Waals surface area contributed by atoms with Crippen molar-refractivity contribution in [1.82, 2.24) is 0 Å². The topological polar surface area (TPSA) is 98.9 Å². The van der Waals surface area contributed by atoms with E-state index >= 15 is 0 Å². The Labute approximate surface area is 119 Å². The van der Waals surface area contributed by atoms with Crippen molar-refractivity contribution in [3.05, 3.63) is 18.2 Å². The lowest BCUT2D eigenvalue weighted by Gasteiger charge is -2.32. The molecule has 0 aliphatic carbocycles. The van der Waals surface area contributed by atoms with Crippen LogP contribution in [0.2, 0.25) is 0 Å². The van der Waals surface area contributed by atoms with Gasteiger partial charge in [-0.3, -0.25) is 0 Å². The van der Waals surface area contributed by atoms with Crippen LogP contribution in [0.15, 0.2) is 23.1 Å². The Morgan fingerprint density at radius 3 is 2.10 bits per heavy atom. The summed E-state index contributed by atoms with van der Waals surface area (Å²) in [5, 5.41) is 15.0. The van der Waals surface area contributed by atoms with Crippen LogP contribution in [0.4, 0.5) is 0 Å². The Kier molecular flexibility index (Phi) is 3.41. The van der Waals surface area contributed by atoms with E-state index in [1.165, 1.54) is 18.2 Å². The second-order valence-corrected chi connectivity index (χ2v) is 7.42. The number of sulfonamides is 1. The highest BCUT2D eigenvalue weighted by molar-refractivity contribution is 7.89. The summed E-state index contributed by atoms with van der Waals surface area (Å²) in [5.41, 5.74) is -0.918. The van der Waals surface area contributed by atoms with Gasteiger partial charge in [-0.25, -0.2) is 13.6 Å². The maximum atomic E-state index is 11.4. The van der Waals surface area contributed by atoms with Crippen LogP contribution < -0.4 is 10.6 Å². The molecule has 0 radical (unpaired) electrons. The first kappa shape index (κ1) is 15.3. The molecule has 1 heterocycles. The molecular weight excluding hydrogens is 281 g/mol. The largest absolute Gasteiger partial charge is 0.508 e. The molecule has 20 heavy (non-hydrogen) atoms. The number of phenols is 1. The van der Waals surface area contributed by atoms with Crippen LogP contribution in [0.1, 0.15) is 27.7 Å². The van der Waals surface area contributed by atoms with Crippen LogP contribution in [0.5, 0.6) is 5.75 Å². The molecule has 0 aromatic heterocycles. The number of rotatable bonds is 2. The van der Waals surface area contributed by atoms with E-state index in [4.69, 9.17) is 14.4 Å². The minimum absolute atomic E-state index is 0.0972. The zero-order valence-corrected chi connectivity index (χ0v) is 12.7. The summed E-state index contributed by atoms with van der Waals surface area (Å²) < 4.78 is 34.3. The molecule has 6 nitrogen and oxygen atoms in total. The van der Waals surface area contributed by atoms with Crippen molar-refractivity contribution in [2.75, 3.05) is 0 Å². The van der Waals surface area contributed by atoms with Crippen molar-refractivity contribution in [3.63, 3.8) is 0 Å². The van der Waals surface area contributed by atoms with Crippen molar-refractivity contribution in [1.29, 1.82) is 0 Å². The molecule has 1 aromatic rings. The van der Waals surface area contributed by atoms with Gasteiger partial charge in [0.1, 0.15) is 5.75 Å². The number of aromatic hydroxyl groups is 1. The molecule has 3 N–H and O–H groups in total. The summed E-state index contributed by atoms with van der Waals surface area (Å²) in [6, 6.07) is 3.77. The van der Waals surface area contributed by atoms with Gasteiger partial charge >= 0.3 is 7.12 Å². The molecule has 1 aromatic carbocycles. The van der Waals surface area contributed by atoms with Gasteiger partial charge in [0.2, 0.25) is 10.0 Å². The third kappa shape index (κ3) is 2.56. The molecule has 110 valence electrons. The first-order valence-corrected chi connectivity index (χ1v) is 7.70. The Balaban J connectivity index is 2.45. The molecule has 1 aliphatic rings. The number of hydrogen-bond acceptors (Lipinski definition) is 5. The summed E-state index contributed by atoms with van der Waals surface area (Å²) >= 11 is 0. The highest BCUT2D eigenvalue weighted by Crippen LogP contribution is 2.37. The second kappa shape index (κ2) is 4.46. The van der Waals surface area contributed by atoms with Gasteiger partial charge < -0.3 is 14.4 Å². The van der Waals surface area contributed by atoms with Gasteiger partial charge in [-0.2, -0.15) is 0 Å². The zero-order chi connectivity index (χ0) is 15.3. The summed E-state index contributed by atoms with van der Waals surface area (Å²) in [5.74, 6) is -0.101. The van der Waals surface area contributed by atoms with E-state index in [2.05, 4.69) is 0 Å². The SMILES string of the molecule is CC1(C)OB(c2cc(S(N)(=O)=O)ccc2O)OC1(C)C. The third-order valence-electron chi connectivity index (χ3n) is 3.83. The molecule has 0 amide bonds. The Bertz CT molecular complexity index is 625. The highest BCUT2D eigenvalue weighted by atomic mass is 32.2. The molecule has 1 saturated heterocycles. The number of hydrogen-bond donors (Lipinski definition) is 2. The number of phenolic OH excluding ortho intramolecular Hbond substituents is 1. The molecule has 0 atom stereocenters. The fourth-order valence-electron chi connectivity index (χ4n) is 1.87. The molecule has 2 rings (SSSR count). The van der Waals surface area contributed by atoms with E-state index in [0.29, 0.717) is 0 Å². The van der Waals surface area contributed by atoms with Crippen LogP contribution in [0.3, 0.4) is 0 Å². The quantitative estimate of drug-likeness (QED) is 0.767. The van der Waals surface area contributed by atoms with Crippen LogP contribution in [0, 0.1) is 0 Å². The minimum Gasteiger partial charge on any atom is -0.508 e. The van der Waals surface area contributed by atoms with Gasteiger partial charge in [0.05, 0.1) is 16.1 Å². The summed E-state index contributed by atoms with van der Waals surface area (Å²) in [6.07, 6.45) is 0. The normalized spacial score (nSPS) is 21.1. The second-order valence-electron chi connectivity index (χ2n) is 5.85. The van der Waals surface area contributed by atoms with E-state index in [9.17, 15) is 13.5 Å². The highest BCUT2D eigenvalue weighted by Gasteiger charge is 2.52. The summed E-state index contributed by atoms with van der Waals surface area (Å²) in [6.45, 7) is 7.47. The first-order chi connectivity index (χ1) is 8.94. The predicted octanol–water partition coefficient (Wildman–Crippen LogP) is 0.339. The number of primary sulfonamides is 1. The molecule has 1 aliphatic heterocycles. The van der Waals surface area contributed by atoms with Gasteiger partial charge in [0.25, 0.3) is 0 Å². The maximum Gasteiger partial charge on any atom is 0.498 e. The van der Waals surface area contributed by atoms with Crippen molar-refractivity contribution in [2.45, 2.75) is 43.8 Å². The van der Waals surface area contributed by atoms with Crippen molar-refractivity contribution in [2.24, 2.45) is 5.14 Å². The van der Waals surface area contributed by atoms with E-state index < -0.39 is 28.3 Å². The molecule has 0 saturated carbocycles. The van der Waals surface area contributed by atoms with Crippen LogP contribution in [0.25, 0.3) is 0 Å². The molecule has 0 spiro atoms. The van der Waals surface area contributed by atoms with E-state index in [1.54, 1.807) is 0 Å². The van der Waals surface area contributed by atoms with Crippen LogP contribution >= 0.6 is 0 Å². The fraction of sp³-hybridized carbons (Fsp3) is 0.500. The van der Waals surface area contributed by atoms with E-state index in [-0.39, 0.29) is 16.1 Å². The molecule has 0 bridgehead atoms. The predicted molar refractivity (Wildman–Crippen MR) is 75.2 cm³/mol. The summed E-state index contributed by atoms with van der Waals surface area (Å²) in [7, 11) is -4.70. The van der Waals surface area contributed by atoms with Gasteiger partial charge in [-0.1, -0.05) is 0 Å². The van der Waals surface area contributed by atoms with Crippen LogP contribution in [-0.2, 0) is 19.3 Å². The Morgan fingerprint density at radius 2 is 1.65 bits per heavy atom. The molecule has 1 fully saturated rings. The van der Waals surface area contributed by atoms with Gasteiger partial charge in [-0.05, 0) is 45.9 Å². The van der Waals surface area contributed by atoms with Crippen molar-refractivity contribution in [3.8, 4) is 5.75 Å². The Hall–Kier alpha value is -1.09. The number of benzene rings is 1. The third-order valence-corrected chi connectivity index (χ3v) is 4.75. The zero-order valence-electron chi connectivity index (χ0n) is 11.9. The smallest absolute Gasteiger partial charge is 0.498 e.